The number of rotatable bonds is 3. The maximum atomic E-state index is 9.98. The van der Waals surface area contributed by atoms with Crippen molar-refractivity contribution in [2.45, 2.75) is 6.54 Å². The number of hydrogen-bond donors (Lipinski definition) is 1. The van der Waals surface area contributed by atoms with Crippen molar-refractivity contribution in [3.8, 4) is 5.75 Å². The molecule has 58 valence electrons. The van der Waals surface area contributed by atoms with Crippen LogP contribution in [0, 0.1) is 0 Å². The van der Waals surface area contributed by atoms with E-state index < -0.39 is 0 Å². The lowest BCUT2D eigenvalue weighted by Crippen LogP contribution is -1.94. The lowest BCUT2D eigenvalue weighted by atomic mass is 10.2. The molecule has 0 spiro atoms. The van der Waals surface area contributed by atoms with Gasteiger partial charge in [-0.05, 0) is 17.7 Å². The number of hydrogen-bond acceptors (Lipinski definition) is 3. The summed E-state index contributed by atoms with van der Waals surface area (Å²) < 4.78 is 14.7. The molecule has 1 aromatic carbocycles. The first-order valence-electron chi connectivity index (χ1n) is 3.15. The molecule has 0 bridgehead atoms. The first-order valence-corrected chi connectivity index (χ1v) is 3.88. The third kappa shape index (κ3) is 2.30. The Kier molecular flexibility index (Phi) is 3.02. The van der Waals surface area contributed by atoms with Gasteiger partial charge in [0.05, 0.1) is 0 Å². The molecule has 0 aromatic heterocycles. The summed E-state index contributed by atoms with van der Waals surface area (Å²) in [5.74, 6) is 0.582. The van der Waals surface area contributed by atoms with Crippen LogP contribution in [0.3, 0.4) is 0 Å². The molecule has 3 nitrogen and oxygen atoms in total. The zero-order valence-corrected chi connectivity index (χ0v) is 6.75. The Morgan fingerprint density at radius 1 is 1.36 bits per heavy atom. The van der Waals surface area contributed by atoms with Crippen LogP contribution < -0.4 is 10.3 Å². The fourth-order valence-corrected chi connectivity index (χ4v) is 0.937. The summed E-state index contributed by atoms with van der Waals surface area (Å²) in [5, 5.41) is 0. The van der Waals surface area contributed by atoms with Gasteiger partial charge in [0, 0.05) is 6.54 Å². The molecule has 0 amide bonds. The molecule has 0 unspecified atom stereocenters. The maximum absolute atomic E-state index is 9.98. The Bertz CT molecular complexity index is 235. The van der Waals surface area contributed by atoms with Crippen LogP contribution in [0.15, 0.2) is 24.3 Å². The summed E-state index contributed by atoms with van der Waals surface area (Å²) >= 11 is 0. The van der Waals surface area contributed by atoms with Gasteiger partial charge in [-0.3, -0.25) is 0 Å². The monoisotopic (exact) mass is 169 g/mol. The largest absolute Gasteiger partial charge is 0.408 e. The Labute approximate surface area is 66.5 Å². The second-order valence-corrected chi connectivity index (χ2v) is 2.35. The van der Waals surface area contributed by atoms with Gasteiger partial charge in [0.15, 0.2) is 0 Å². The summed E-state index contributed by atoms with van der Waals surface area (Å²) in [4.78, 5) is 0. The van der Waals surface area contributed by atoms with Crippen molar-refractivity contribution in [2.24, 2.45) is 5.73 Å². The van der Waals surface area contributed by atoms with E-state index in [0.29, 0.717) is 12.3 Å². The molecule has 0 saturated heterocycles. The molecule has 0 aliphatic carbocycles. The maximum Gasteiger partial charge on any atom is 0.395 e. The Balaban J connectivity index is 2.74. The van der Waals surface area contributed by atoms with Crippen molar-refractivity contribution in [1.29, 1.82) is 0 Å². The van der Waals surface area contributed by atoms with Gasteiger partial charge in [-0.2, -0.15) is 0 Å². The van der Waals surface area contributed by atoms with Crippen LogP contribution >= 0.6 is 8.69 Å². The average Bonchev–Trinajstić information content (AvgIpc) is 2.07. The van der Waals surface area contributed by atoms with Crippen LogP contribution in [0.4, 0.5) is 0 Å². The first-order chi connectivity index (χ1) is 5.36. The van der Waals surface area contributed by atoms with Gasteiger partial charge in [-0.15, -0.1) is 0 Å². The number of benzene rings is 1. The average molecular weight is 169 g/mol. The summed E-state index contributed by atoms with van der Waals surface area (Å²) in [6.45, 7) is 0.509. The summed E-state index contributed by atoms with van der Waals surface area (Å²) in [7, 11) is -0.331. The minimum atomic E-state index is -0.331. The van der Waals surface area contributed by atoms with Crippen molar-refractivity contribution in [2.75, 3.05) is 0 Å². The van der Waals surface area contributed by atoms with Gasteiger partial charge in [0.25, 0.3) is 0 Å². The van der Waals surface area contributed by atoms with Gasteiger partial charge in [0.1, 0.15) is 5.75 Å². The molecular weight excluding hydrogens is 161 g/mol. The molecule has 4 heteroatoms. The molecule has 0 saturated carbocycles. The summed E-state index contributed by atoms with van der Waals surface area (Å²) in [6, 6.07) is 7.13. The van der Waals surface area contributed by atoms with Crippen LogP contribution in [0.2, 0.25) is 0 Å². The first kappa shape index (κ1) is 8.18. The normalized spacial score (nSPS) is 9.91. The highest BCUT2D eigenvalue weighted by Crippen LogP contribution is 2.15. The van der Waals surface area contributed by atoms with Crippen molar-refractivity contribution < 1.29 is 9.09 Å². The standard InChI is InChI=1S/C7H8NO2P/c8-5-6-1-3-7(4-2-6)10-11-9/h1-4H,5,8H2. The summed E-state index contributed by atoms with van der Waals surface area (Å²) in [5.41, 5.74) is 6.40. The lowest BCUT2D eigenvalue weighted by molar-refractivity contribution is 0.525. The predicted octanol–water partition coefficient (Wildman–Crippen LogP) is 1.73. The smallest absolute Gasteiger partial charge is 0.395 e. The van der Waals surface area contributed by atoms with Crippen LogP contribution in [0.1, 0.15) is 5.56 Å². The molecule has 1 rings (SSSR count). The Morgan fingerprint density at radius 3 is 2.45 bits per heavy atom. The molecule has 0 radical (unpaired) electrons. The predicted molar refractivity (Wildman–Crippen MR) is 42.6 cm³/mol. The van der Waals surface area contributed by atoms with E-state index >= 15 is 0 Å². The fourth-order valence-electron chi connectivity index (χ4n) is 0.729. The molecular formula is C7H8NO2P. The number of nitrogens with two attached hydrogens (primary N) is 1. The second-order valence-electron chi connectivity index (χ2n) is 2.01. The highest BCUT2D eigenvalue weighted by atomic mass is 31.1. The van der Waals surface area contributed by atoms with Crippen LogP contribution in [0.5, 0.6) is 5.75 Å². The molecule has 11 heavy (non-hydrogen) atoms. The molecule has 0 aliphatic heterocycles. The summed E-state index contributed by atoms with van der Waals surface area (Å²) in [6.07, 6.45) is 0. The van der Waals surface area contributed by atoms with E-state index in [2.05, 4.69) is 4.52 Å². The van der Waals surface area contributed by atoms with E-state index in [9.17, 15) is 4.57 Å². The van der Waals surface area contributed by atoms with E-state index in [0.717, 1.165) is 5.56 Å². The highest BCUT2D eigenvalue weighted by molar-refractivity contribution is 7.17. The van der Waals surface area contributed by atoms with E-state index in [1.54, 1.807) is 12.1 Å². The van der Waals surface area contributed by atoms with Crippen molar-refractivity contribution >= 4 is 8.69 Å². The molecule has 0 heterocycles. The van der Waals surface area contributed by atoms with E-state index in [4.69, 9.17) is 5.73 Å². The minimum Gasteiger partial charge on any atom is -0.408 e. The third-order valence-corrected chi connectivity index (χ3v) is 1.59. The minimum absolute atomic E-state index is 0.331. The molecule has 0 aliphatic rings. The van der Waals surface area contributed by atoms with Crippen LogP contribution in [-0.2, 0) is 11.1 Å². The van der Waals surface area contributed by atoms with Crippen LogP contribution in [0.25, 0.3) is 0 Å². The van der Waals surface area contributed by atoms with Gasteiger partial charge < -0.3 is 10.3 Å². The topological polar surface area (TPSA) is 52.3 Å². The van der Waals surface area contributed by atoms with E-state index in [1.165, 1.54) is 0 Å². The Morgan fingerprint density at radius 2 is 2.00 bits per heavy atom. The van der Waals surface area contributed by atoms with Crippen molar-refractivity contribution in [3.63, 3.8) is 0 Å². The second kappa shape index (κ2) is 4.06. The zero-order chi connectivity index (χ0) is 8.10. The Hall–Kier alpha value is -0.920. The third-order valence-electron chi connectivity index (χ3n) is 1.30. The van der Waals surface area contributed by atoms with Crippen molar-refractivity contribution in [3.05, 3.63) is 29.8 Å². The van der Waals surface area contributed by atoms with E-state index in [1.807, 2.05) is 12.1 Å². The lowest BCUT2D eigenvalue weighted by Gasteiger charge is -1.97. The highest BCUT2D eigenvalue weighted by Gasteiger charge is 1.92. The van der Waals surface area contributed by atoms with E-state index in [-0.39, 0.29) is 8.69 Å². The van der Waals surface area contributed by atoms with Gasteiger partial charge in [-0.25, -0.2) is 4.57 Å². The van der Waals surface area contributed by atoms with Crippen LogP contribution in [-0.4, -0.2) is 0 Å². The fraction of sp³-hybridized carbons (Fsp3) is 0.143. The van der Waals surface area contributed by atoms with Gasteiger partial charge in [0.2, 0.25) is 0 Å². The molecule has 0 fully saturated rings. The molecule has 1 aromatic rings. The quantitative estimate of drug-likeness (QED) is 0.701. The van der Waals surface area contributed by atoms with Crippen molar-refractivity contribution in [1.82, 2.24) is 0 Å². The zero-order valence-electron chi connectivity index (χ0n) is 5.86. The van der Waals surface area contributed by atoms with Gasteiger partial charge >= 0.3 is 8.69 Å². The molecule has 0 atom stereocenters. The SMILES string of the molecule is NCc1ccc(OP=O)cc1. The van der Waals surface area contributed by atoms with Gasteiger partial charge in [-0.1, -0.05) is 12.1 Å². The molecule has 2 N–H and O–H groups in total.